The van der Waals surface area contributed by atoms with E-state index in [0.29, 0.717) is 17.1 Å². The summed E-state index contributed by atoms with van der Waals surface area (Å²) in [7, 11) is 1.56. The molecule has 1 aromatic carbocycles. The number of nitrogens with one attached hydrogen (secondary N) is 1. The highest BCUT2D eigenvalue weighted by atomic mass is 16.5. The van der Waals surface area contributed by atoms with Gasteiger partial charge in [-0.05, 0) is 18.2 Å². The Hall–Kier alpha value is -2.50. The SMILES string of the molecule is COc1ccc(N)c(NC(=O)Cn2cccn2)c1. The zero-order chi connectivity index (χ0) is 13.0. The van der Waals surface area contributed by atoms with Gasteiger partial charge in [-0.2, -0.15) is 5.10 Å². The van der Waals surface area contributed by atoms with Crippen LogP contribution < -0.4 is 15.8 Å². The zero-order valence-corrected chi connectivity index (χ0v) is 9.96. The van der Waals surface area contributed by atoms with Crippen molar-refractivity contribution >= 4 is 17.3 Å². The average molecular weight is 246 g/mol. The number of benzene rings is 1. The number of amides is 1. The van der Waals surface area contributed by atoms with Crippen molar-refractivity contribution in [2.45, 2.75) is 6.54 Å². The third-order valence-electron chi connectivity index (χ3n) is 2.40. The van der Waals surface area contributed by atoms with Crippen molar-refractivity contribution in [3.05, 3.63) is 36.7 Å². The van der Waals surface area contributed by atoms with Crippen LogP contribution in [0.1, 0.15) is 0 Å². The minimum atomic E-state index is -0.196. The zero-order valence-electron chi connectivity index (χ0n) is 9.96. The minimum Gasteiger partial charge on any atom is -0.497 e. The van der Waals surface area contributed by atoms with Gasteiger partial charge < -0.3 is 15.8 Å². The lowest BCUT2D eigenvalue weighted by Crippen LogP contribution is -2.19. The molecule has 0 unspecified atom stereocenters. The number of hydrogen-bond acceptors (Lipinski definition) is 4. The van der Waals surface area contributed by atoms with Gasteiger partial charge in [0, 0.05) is 18.5 Å². The minimum absolute atomic E-state index is 0.143. The van der Waals surface area contributed by atoms with Crippen molar-refractivity contribution in [3.8, 4) is 5.75 Å². The summed E-state index contributed by atoms with van der Waals surface area (Å²) in [6.07, 6.45) is 3.34. The Bertz CT molecular complexity index is 537. The van der Waals surface area contributed by atoms with Gasteiger partial charge in [-0.1, -0.05) is 0 Å². The molecule has 0 saturated carbocycles. The third kappa shape index (κ3) is 2.79. The number of hydrogen-bond donors (Lipinski definition) is 2. The number of carbonyl (C=O) groups excluding carboxylic acids is 1. The summed E-state index contributed by atoms with van der Waals surface area (Å²) in [6.45, 7) is 0.143. The van der Waals surface area contributed by atoms with Gasteiger partial charge in [0.25, 0.3) is 0 Å². The molecule has 0 atom stereocenters. The van der Waals surface area contributed by atoms with E-state index >= 15 is 0 Å². The van der Waals surface area contributed by atoms with Gasteiger partial charge in [0.2, 0.25) is 5.91 Å². The van der Waals surface area contributed by atoms with Crippen LogP contribution in [0, 0.1) is 0 Å². The second-order valence-corrected chi connectivity index (χ2v) is 3.70. The molecule has 6 nitrogen and oxygen atoms in total. The number of aromatic nitrogens is 2. The second kappa shape index (κ2) is 5.22. The highest BCUT2D eigenvalue weighted by molar-refractivity contribution is 5.93. The van der Waals surface area contributed by atoms with Crippen molar-refractivity contribution in [3.63, 3.8) is 0 Å². The highest BCUT2D eigenvalue weighted by Gasteiger charge is 2.07. The Kier molecular flexibility index (Phi) is 3.47. The van der Waals surface area contributed by atoms with Gasteiger partial charge in [-0.3, -0.25) is 9.48 Å². The van der Waals surface area contributed by atoms with Gasteiger partial charge >= 0.3 is 0 Å². The van der Waals surface area contributed by atoms with Gasteiger partial charge in [-0.25, -0.2) is 0 Å². The van der Waals surface area contributed by atoms with Crippen molar-refractivity contribution in [2.24, 2.45) is 0 Å². The number of rotatable bonds is 4. The van der Waals surface area contributed by atoms with Gasteiger partial charge in [0.05, 0.1) is 18.5 Å². The Morgan fingerprint density at radius 2 is 2.39 bits per heavy atom. The van der Waals surface area contributed by atoms with Crippen LogP contribution in [0.4, 0.5) is 11.4 Å². The normalized spacial score (nSPS) is 10.1. The molecule has 2 rings (SSSR count). The molecule has 0 saturated heterocycles. The van der Waals surface area contributed by atoms with Gasteiger partial charge in [-0.15, -0.1) is 0 Å². The molecule has 1 aromatic heterocycles. The van der Waals surface area contributed by atoms with E-state index in [1.807, 2.05) is 0 Å². The number of nitrogens with two attached hydrogens (primary N) is 1. The summed E-state index contributed by atoms with van der Waals surface area (Å²) in [5, 5.41) is 6.67. The molecule has 0 radical (unpaired) electrons. The van der Waals surface area contributed by atoms with E-state index in [1.54, 1.807) is 43.8 Å². The van der Waals surface area contributed by atoms with Gasteiger partial charge in [0.15, 0.2) is 0 Å². The molecular formula is C12H14N4O2. The fourth-order valence-electron chi connectivity index (χ4n) is 1.50. The summed E-state index contributed by atoms with van der Waals surface area (Å²) in [4.78, 5) is 11.8. The maximum Gasteiger partial charge on any atom is 0.246 e. The molecule has 94 valence electrons. The van der Waals surface area contributed by atoms with Crippen molar-refractivity contribution < 1.29 is 9.53 Å². The van der Waals surface area contributed by atoms with E-state index in [-0.39, 0.29) is 12.5 Å². The summed E-state index contributed by atoms with van der Waals surface area (Å²) in [6, 6.07) is 6.85. The van der Waals surface area contributed by atoms with Crippen molar-refractivity contribution in [2.75, 3.05) is 18.2 Å². The summed E-state index contributed by atoms with van der Waals surface area (Å²) >= 11 is 0. The van der Waals surface area contributed by atoms with E-state index in [4.69, 9.17) is 10.5 Å². The van der Waals surface area contributed by atoms with Crippen LogP contribution in [-0.2, 0) is 11.3 Å². The smallest absolute Gasteiger partial charge is 0.246 e. The number of carbonyl (C=O) groups is 1. The molecule has 2 aromatic rings. The fourth-order valence-corrected chi connectivity index (χ4v) is 1.50. The van der Waals surface area contributed by atoms with E-state index < -0.39 is 0 Å². The lowest BCUT2D eigenvalue weighted by Gasteiger charge is -2.10. The molecule has 1 amide bonds. The van der Waals surface area contributed by atoms with Crippen LogP contribution >= 0.6 is 0 Å². The maximum absolute atomic E-state index is 11.8. The van der Waals surface area contributed by atoms with E-state index in [1.165, 1.54) is 4.68 Å². The summed E-state index contributed by atoms with van der Waals surface area (Å²) in [5.74, 6) is 0.442. The van der Waals surface area contributed by atoms with Crippen LogP contribution in [-0.4, -0.2) is 22.8 Å². The average Bonchev–Trinajstić information content (AvgIpc) is 2.84. The number of nitrogens with zero attached hydrogens (tertiary/aromatic N) is 2. The van der Waals surface area contributed by atoms with Crippen molar-refractivity contribution in [1.82, 2.24) is 9.78 Å². The molecule has 0 aliphatic carbocycles. The maximum atomic E-state index is 11.8. The molecule has 1 heterocycles. The quantitative estimate of drug-likeness (QED) is 0.792. The molecule has 0 fully saturated rings. The summed E-state index contributed by atoms with van der Waals surface area (Å²) < 4.78 is 6.61. The largest absolute Gasteiger partial charge is 0.497 e. The molecule has 0 spiro atoms. The third-order valence-corrected chi connectivity index (χ3v) is 2.40. The lowest BCUT2D eigenvalue weighted by atomic mass is 10.2. The molecule has 3 N–H and O–H groups in total. The first-order valence-corrected chi connectivity index (χ1v) is 5.40. The molecule has 0 bridgehead atoms. The first kappa shape index (κ1) is 12.0. The van der Waals surface area contributed by atoms with Crippen LogP contribution in [0.15, 0.2) is 36.7 Å². The molecule has 6 heteroatoms. The van der Waals surface area contributed by atoms with Crippen molar-refractivity contribution in [1.29, 1.82) is 0 Å². The predicted octanol–water partition coefficient (Wildman–Crippen LogP) is 1.11. The van der Waals surface area contributed by atoms with Crippen LogP contribution in [0.25, 0.3) is 0 Å². The number of nitrogen functional groups attached to an aromatic ring is 1. The lowest BCUT2D eigenvalue weighted by molar-refractivity contribution is -0.116. The molecule has 0 aliphatic rings. The van der Waals surface area contributed by atoms with E-state index in [2.05, 4.69) is 10.4 Å². The standard InChI is InChI=1S/C12H14N4O2/c1-18-9-3-4-10(13)11(7-9)15-12(17)8-16-6-2-5-14-16/h2-7H,8,13H2,1H3,(H,15,17). The topological polar surface area (TPSA) is 82.2 Å². The van der Waals surface area contributed by atoms with E-state index in [0.717, 1.165) is 0 Å². The highest BCUT2D eigenvalue weighted by Crippen LogP contribution is 2.24. The second-order valence-electron chi connectivity index (χ2n) is 3.70. The van der Waals surface area contributed by atoms with Crippen LogP contribution in [0.2, 0.25) is 0 Å². The number of anilines is 2. The number of methoxy groups -OCH3 is 1. The van der Waals surface area contributed by atoms with Crippen LogP contribution in [0.3, 0.4) is 0 Å². The summed E-state index contributed by atoms with van der Waals surface area (Å²) in [5.41, 5.74) is 6.80. The molecular weight excluding hydrogens is 232 g/mol. The first-order chi connectivity index (χ1) is 8.69. The molecule has 0 aliphatic heterocycles. The Balaban J connectivity index is 2.06. The van der Waals surface area contributed by atoms with Crippen LogP contribution in [0.5, 0.6) is 5.75 Å². The Morgan fingerprint density at radius 3 is 3.06 bits per heavy atom. The Labute approximate surface area is 104 Å². The molecule has 18 heavy (non-hydrogen) atoms. The van der Waals surface area contributed by atoms with Gasteiger partial charge in [0.1, 0.15) is 12.3 Å². The fraction of sp³-hybridized carbons (Fsp3) is 0.167. The monoisotopic (exact) mass is 246 g/mol. The number of ether oxygens (including phenoxy) is 1. The first-order valence-electron chi connectivity index (χ1n) is 5.40. The predicted molar refractivity (Wildman–Crippen MR) is 68.3 cm³/mol. The van der Waals surface area contributed by atoms with E-state index in [9.17, 15) is 4.79 Å². The Morgan fingerprint density at radius 1 is 1.56 bits per heavy atom.